The number of carbonyl (C=O) groups excluding carboxylic acids is 1. The van der Waals surface area contributed by atoms with Gasteiger partial charge in [0.25, 0.3) is 5.91 Å². The van der Waals surface area contributed by atoms with Crippen molar-refractivity contribution in [3.05, 3.63) is 83.9 Å². The van der Waals surface area contributed by atoms with Crippen LogP contribution in [0.1, 0.15) is 29.3 Å². The lowest BCUT2D eigenvalue weighted by Crippen LogP contribution is -2.16. The summed E-state index contributed by atoms with van der Waals surface area (Å²) in [7, 11) is -3.35. The summed E-state index contributed by atoms with van der Waals surface area (Å²) in [5.41, 5.74) is 4.40. The number of nitrogens with zero attached hydrogens (tertiary/aromatic N) is 1. The van der Waals surface area contributed by atoms with E-state index in [2.05, 4.69) is 20.0 Å². The zero-order valence-electron chi connectivity index (χ0n) is 18.0. The van der Waals surface area contributed by atoms with Crippen molar-refractivity contribution in [2.45, 2.75) is 24.3 Å². The van der Waals surface area contributed by atoms with Gasteiger partial charge < -0.3 is 10.3 Å². The summed E-state index contributed by atoms with van der Waals surface area (Å²) in [6.45, 7) is 1.81. The number of imidazole rings is 1. The molecule has 0 atom stereocenters. The third-order valence-electron chi connectivity index (χ3n) is 4.88. The van der Waals surface area contributed by atoms with E-state index in [-0.39, 0.29) is 11.7 Å². The van der Waals surface area contributed by atoms with Gasteiger partial charge in [0.05, 0.1) is 16.8 Å². The van der Waals surface area contributed by atoms with Crippen molar-refractivity contribution in [1.29, 1.82) is 0 Å². The standard InChI is InChI=1S/C24H24N4O3S2/c1-2-15-33(30,31)28-19-13-11-18(12-14-19)25-23(29)20-8-4-3-7-17(20)16-32-24-26-21-9-5-6-10-22(21)27-24/h3-14,28H,2,15-16H2,1H3,(H,25,29)(H,26,27). The first kappa shape index (κ1) is 22.9. The number of H-pyrrole nitrogens is 1. The van der Waals surface area contributed by atoms with Gasteiger partial charge in [-0.2, -0.15) is 0 Å². The van der Waals surface area contributed by atoms with Gasteiger partial charge in [-0.15, -0.1) is 0 Å². The molecule has 0 fully saturated rings. The Bertz CT molecular complexity index is 1330. The van der Waals surface area contributed by atoms with E-state index in [0.29, 0.717) is 29.1 Å². The van der Waals surface area contributed by atoms with Gasteiger partial charge in [0, 0.05) is 22.7 Å². The van der Waals surface area contributed by atoms with Gasteiger partial charge in [-0.1, -0.05) is 49.0 Å². The molecule has 3 N–H and O–H groups in total. The normalized spacial score (nSPS) is 11.4. The monoisotopic (exact) mass is 480 g/mol. The molecular weight excluding hydrogens is 456 g/mol. The van der Waals surface area contributed by atoms with Crippen LogP contribution in [0.3, 0.4) is 0 Å². The first-order valence-electron chi connectivity index (χ1n) is 10.5. The zero-order chi connectivity index (χ0) is 23.3. The largest absolute Gasteiger partial charge is 0.333 e. The molecule has 0 bridgehead atoms. The number of thioether (sulfide) groups is 1. The van der Waals surface area contributed by atoms with Crippen molar-refractivity contribution in [2.24, 2.45) is 0 Å². The minimum absolute atomic E-state index is 0.0638. The van der Waals surface area contributed by atoms with Crippen LogP contribution < -0.4 is 10.0 Å². The van der Waals surface area contributed by atoms with E-state index in [1.807, 2.05) is 49.4 Å². The molecule has 0 aliphatic carbocycles. The fourth-order valence-corrected chi connectivity index (χ4v) is 5.35. The second-order valence-corrected chi connectivity index (χ2v) is 10.3. The van der Waals surface area contributed by atoms with E-state index in [0.717, 1.165) is 21.8 Å². The lowest BCUT2D eigenvalue weighted by Gasteiger charge is -2.11. The van der Waals surface area contributed by atoms with E-state index in [1.165, 1.54) is 11.8 Å². The first-order chi connectivity index (χ1) is 15.9. The highest BCUT2D eigenvalue weighted by atomic mass is 32.2. The number of anilines is 2. The molecule has 0 aliphatic rings. The van der Waals surface area contributed by atoms with Crippen LogP contribution >= 0.6 is 11.8 Å². The summed E-state index contributed by atoms with van der Waals surface area (Å²) in [4.78, 5) is 20.8. The van der Waals surface area contributed by atoms with Gasteiger partial charge in [0.2, 0.25) is 10.0 Å². The number of benzene rings is 3. The SMILES string of the molecule is CCCS(=O)(=O)Nc1ccc(NC(=O)c2ccccc2CSc2nc3ccccc3[nH]2)cc1. The molecule has 4 aromatic rings. The molecule has 1 aromatic heterocycles. The number of carbonyl (C=O) groups is 1. The lowest BCUT2D eigenvalue weighted by atomic mass is 10.1. The van der Waals surface area contributed by atoms with E-state index < -0.39 is 10.0 Å². The number of fused-ring (bicyclic) bond motifs is 1. The fraction of sp³-hybridized carbons (Fsp3) is 0.167. The highest BCUT2D eigenvalue weighted by Crippen LogP contribution is 2.25. The summed E-state index contributed by atoms with van der Waals surface area (Å²) in [5, 5.41) is 3.68. The van der Waals surface area contributed by atoms with Gasteiger partial charge in [-0.25, -0.2) is 13.4 Å². The molecule has 0 saturated carbocycles. The van der Waals surface area contributed by atoms with Crippen molar-refractivity contribution in [3.63, 3.8) is 0 Å². The van der Waals surface area contributed by atoms with Crippen LogP contribution in [0.15, 0.2) is 78.0 Å². The van der Waals surface area contributed by atoms with E-state index in [1.54, 1.807) is 30.3 Å². The van der Waals surface area contributed by atoms with Crippen LogP contribution in [0.2, 0.25) is 0 Å². The van der Waals surface area contributed by atoms with Gasteiger partial charge in [-0.3, -0.25) is 9.52 Å². The van der Waals surface area contributed by atoms with Crippen LogP contribution in [0.4, 0.5) is 11.4 Å². The number of sulfonamides is 1. The van der Waals surface area contributed by atoms with E-state index in [9.17, 15) is 13.2 Å². The molecule has 0 saturated heterocycles. The Hall–Kier alpha value is -3.30. The average Bonchev–Trinajstić information content (AvgIpc) is 3.22. The molecule has 33 heavy (non-hydrogen) atoms. The summed E-state index contributed by atoms with van der Waals surface area (Å²) in [6, 6.07) is 21.9. The summed E-state index contributed by atoms with van der Waals surface area (Å²) in [6.07, 6.45) is 0.539. The van der Waals surface area contributed by atoms with Crippen LogP contribution in [-0.4, -0.2) is 30.0 Å². The number of nitrogens with one attached hydrogen (secondary N) is 3. The Kier molecular flexibility index (Phi) is 7.00. The molecule has 1 heterocycles. The molecular formula is C24H24N4O3S2. The molecule has 3 aromatic carbocycles. The predicted molar refractivity (Wildman–Crippen MR) is 134 cm³/mol. The van der Waals surface area contributed by atoms with Crippen LogP contribution in [-0.2, 0) is 15.8 Å². The number of rotatable bonds is 9. The minimum atomic E-state index is -3.35. The van der Waals surface area contributed by atoms with Crippen molar-refractivity contribution >= 4 is 50.1 Å². The fourth-order valence-electron chi connectivity index (χ4n) is 3.33. The van der Waals surface area contributed by atoms with Crippen molar-refractivity contribution < 1.29 is 13.2 Å². The van der Waals surface area contributed by atoms with E-state index in [4.69, 9.17) is 0 Å². The number of amides is 1. The highest BCUT2D eigenvalue weighted by Gasteiger charge is 2.13. The quantitative estimate of drug-likeness (QED) is 0.284. The number of aromatic amines is 1. The van der Waals surface area contributed by atoms with Crippen LogP contribution in [0.25, 0.3) is 11.0 Å². The molecule has 170 valence electrons. The minimum Gasteiger partial charge on any atom is -0.333 e. The number of hydrogen-bond acceptors (Lipinski definition) is 5. The molecule has 0 radical (unpaired) electrons. The van der Waals surface area contributed by atoms with Gasteiger partial charge >= 0.3 is 0 Å². The summed E-state index contributed by atoms with van der Waals surface area (Å²) in [5.74, 6) is 0.422. The number of hydrogen-bond donors (Lipinski definition) is 3. The van der Waals surface area contributed by atoms with Crippen molar-refractivity contribution in [3.8, 4) is 0 Å². The Morgan fingerprint density at radius 2 is 1.67 bits per heavy atom. The number of para-hydroxylation sites is 2. The first-order valence-corrected chi connectivity index (χ1v) is 13.1. The summed E-state index contributed by atoms with van der Waals surface area (Å²) >= 11 is 1.54. The maximum Gasteiger partial charge on any atom is 0.255 e. The maximum atomic E-state index is 12.9. The summed E-state index contributed by atoms with van der Waals surface area (Å²) < 4.78 is 26.4. The zero-order valence-corrected chi connectivity index (χ0v) is 19.7. The molecule has 0 unspecified atom stereocenters. The molecule has 0 aliphatic heterocycles. The Morgan fingerprint density at radius 3 is 2.42 bits per heavy atom. The third kappa shape index (κ3) is 5.94. The maximum absolute atomic E-state index is 12.9. The molecule has 0 spiro atoms. The number of aromatic nitrogens is 2. The average molecular weight is 481 g/mol. The van der Waals surface area contributed by atoms with Gasteiger partial charge in [0.1, 0.15) is 0 Å². The predicted octanol–water partition coefficient (Wildman–Crippen LogP) is 5.26. The topological polar surface area (TPSA) is 104 Å². The van der Waals surface area contributed by atoms with Gasteiger partial charge in [0.15, 0.2) is 5.16 Å². The Balaban J connectivity index is 1.42. The Labute approximate surface area is 197 Å². The second-order valence-electron chi connectivity index (χ2n) is 7.46. The van der Waals surface area contributed by atoms with Gasteiger partial charge in [-0.05, 0) is 54.4 Å². The Morgan fingerprint density at radius 1 is 0.970 bits per heavy atom. The lowest BCUT2D eigenvalue weighted by molar-refractivity contribution is 0.102. The van der Waals surface area contributed by atoms with Crippen LogP contribution in [0, 0.1) is 0 Å². The van der Waals surface area contributed by atoms with Crippen molar-refractivity contribution in [2.75, 3.05) is 15.8 Å². The smallest absolute Gasteiger partial charge is 0.255 e. The molecule has 7 nitrogen and oxygen atoms in total. The second kappa shape index (κ2) is 10.1. The molecule has 9 heteroatoms. The third-order valence-corrected chi connectivity index (χ3v) is 7.30. The highest BCUT2D eigenvalue weighted by molar-refractivity contribution is 7.98. The van der Waals surface area contributed by atoms with Crippen molar-refractivity contribution in [1.82, 2.24) is 9.97 Å². The van der Waals surface area contributed by atoms with Crippen LogP contribution in [0.5, 0.6) is 0 Å². The molecule has 1 amide bonds. The molecule has 4 rings (SSSR count). The van der Waals surface area contributed by atoms with E-state index >= 15 is 0 Å².